The van der Waals surface area contributed by atoms with E-state index in [0.29, 0.717) is 0 Å². The standard InChI is InChI=1S/C11H11F2N3O2/c1-2-18-11(17)8-3-6(4-14)7(5-15)9(16-8)10(12)13/h3,10H,2,5,15H2,1H3. The highest BCUT2D eigenvalue weighted by Gasteiger charge is 2.21. The Morgan fingerprint density at radius 1 is 1.67 bits per heavy atom. The van der Waals surface area contributed by atoms with E-state index in [9.17, 15) is 13.6 Å². The second kappa shape index (κ2) is 6.02. The largest absolute Gasteiger partial charge is 0.461 e. The molecule has 0 saturated heterocycles. The molecule has 1 aromatic rings. The highest BCUT2D eigenvalue weighted by Crippen LogP contribution is 2.24. The molecular formula is C11H11F2N3O2. The van der Waals surface area contributed by atoms with Crippen LogP contribution in [-0.2, 0) is 11.3 Å². The number of ether oxygens (including phenoxy) is 1. The van der Waals surface area contributed by atoms with Gasteiger partial charge in [-0.25, -0.2) is 18.6 Å². The summed E-state index contributed by atoms with van der Waals surface area (Å²) in [4.78, 5) is 14.9. The lowest BCUT2D eigenvalue weighted by atomic mass is 10.1. The number of esters is 1. The fourth-order valence-corrected chi connectivity index (χ4v) is 1.40. The quantitative estimate of drug-likeness (QED) is 0.824. The molecule has 1 aromatic heterocycles. The number of pyridine rings is 1. The molecule has 2 N–H and O–H groups in total. The highest BCUT2D eigenvalue weighted by atomic mass is 19.3. The topological polar surface area (TPSA) is 89.0 Å². The number of nitrogens with zero attached hydrogens (tertiary/aromatic N) is 2. The molecule has 0 radical (unpaired) electrons. The maximum atomic E-state index is 12.8. The van der Waals surface area contributed by atoms with Crippen molar-refractivity contribution in [3.05, 3.63) is 28.6 Å². The van der Waals surface area contributed by atoms with Crippen molar-refractivity contribution in [1.82, 2.24) is 4.98 Å². The Bertz CT molecular complexity index is 498. The lowest BCUT2D eigenvalue weighted by molar-refractivity contribution is 0.0517. The molecular weight excluding hydrogens is 244 g/mol. The van der Waals surface area contributed by atoms with Crippen LogP contribution in [0.2, 0.25) is 0 Å². The molecule has 1 rings (SSSR count). The Morgan fingerprint density at radius 3 is 2.78 bits per heavy atom. The van der Waals surface area contributed by atoms with Crippen LogP contribution in [-0.4, -0.2) is 17.6 Å². The van der Waals surface area contributed by atoms with Gasteiger partial charge in [0, 0.05) is 12.1 Å². The summed E-state index contributed by atoms with van der Waals surface area (Å²) in [5, 5.41) is 8.86. The van der Waals surface area contributed by atoms with Gasteiger partial charge in [0.15, 0.2) is 0 Å². The van der Waals surface area contributed by atoms with Gasteiger partial charge >= 0.3 is 5.97 Å². The van der Waals surface area contributed by atoms with Crippen molar-refractivity contribution >= 4 is 5.97 Å². The van der Waals surface area contributed by atoms with Crippen molar-refractivity contribution in [2.45, 2.75) is 19.9 Å². The Morgan fingerprint density at radius 2 is 2.33 bits per heavy atom. The summed E-state index contributed by atoms with van der Waals surface area (Å²) in [6.45, 7) is 1.41. The minimum atomic E-state index is -2.91. The lowest BCUT2D eigenvalue weighted by Gasteiger charge is -2.10. The van der Waals surface area contributed by atoms with E-state index in [1.807, 2.05) is 0 Å². The number of carbonyl (C=O) groups excluding carboxylic acids is 1. The van der Waals surface area contributed by atoms with Crippen molar-refractivity contribution in [2.75, 3.05) is 6.61 Å². The maximum Gasteiger partial charge on any atom is 0.356 e. The number of hydrogen-bond acceptors (Lipinski definition) is 5. The summed E-state index contributed by atoms with van der Waals surface area (Å²) < 4.78 is 30.2. The third kappa shape index (κ3) is 2.78. The smallest absolute Gasteiger partial charge is 0.356 e. The summed E-state index contributed by atoms with van der Waals surface area (Å²) in [5.74, 6) is -0.848. The molecule has 1 heterocycles. The Labute approximate surface area is 102 Å². The monoisotopic (exact) mass is 255 g/mol. The third-order valence-corrected chi connectivity index (χ3v) is 2.17. The van der Waals surface area contributed by atoms with Crippen LogP contribution >= 0.6 is 0 Å². The van der Waals surface area contributed by atoms with Gasteiger partial charge in [-0.3, -0.25) is 0 Å². The Kier molecular flexibility index (Phi) is 4.68. The van der Waals surface area contributed by atoms with Gasteiger partial charge in [-0.1, -0.05) is 0 Å². The number of rotatable bonds is 4. The first kappa shape index (κ1) is 14.0. The molecule has 18 heavy (non-hydrogen) atoms. The van der Waals surface area contributed by atoms with Gasteiger partial charge in [0.1, 0.15) is 11.4 Å². The van der Waals surface area contributed by atoms with Crippen LogP contribution in [0.25, 0.3) is 0 Å². The van der Waals surface area contributed by atoms with Crippen molar-refractivity contribution in [2.24, 2.45) is 5.73 Å². The summed E-state index contributed by atoms with van der Waals surface area (Å²) in [6.07, 6.45) is -2.91. The van der Waals surface area contributed by atoms with Crippen molar-refractivity contribution in [1.29, 1.82) is 5.26 Å². The van der Waals surface area contributed by atoms with Crippen LogP contribution in [0.1, 0.15) is 40.7 Å². The third-order valence-electron chi connectivity index (χ3n) is 2.17. The zero-order valence-corrected chi connectivity index (χ0v) is 9.61. The average Bonchev–Trinajstić information content (AvgIpc) is 2.37. The lowest BCUT2D eigenvalue weighted by Crippen LogP contribution is -2.14. The molecule has 0 aliphatic carbocycles. The fourth-order valence-electron chi connectivity index (χ4n) is 1.40. The minimum absolute atomic E-state index is 0.0550. The molecule has 0 aliphatic rings. The molecule has 0 aromatic carbocycles. The molecule has 0 amide bonds. The van der Waals surface area contributed by atoms with E-state index in [1.54, 1.807) is 13.0 Å². The number of halogens is 2. The van der Waals surface area contributed by atoms with Crippen molar-refractivity contribution in [3.63, 3.8) is 0 Å². The highest BCUT2D eigenvalue weighted by molar-refractivity contribution is 5.87. The summed E-state index contributed by atoms with van der Waals surface area (Å²) in [6, 6.07) is 2.82. The normalized spacial score (nSPS) is 10.2. The predicted molar refractivity (Wildman–Crippen MR) is 57.8 cm³/mol. The van der Waals surface area contributed by atoms with Crippen LogP contribution in [0.3, 0.4) is 0 Å². The number of carbonyl (C=O) groups is 1. The SMILES string of the molecule is CCOC(=O)c1cc(C#N)c(CN)c(C(F)F)n1. The molecule has 0 bridgehead atoms. The van der Waals surface area contributed by atoms with Crippen LogP contribution in [0.4, 0.5) is 8.78 Å². The van der Waals surface area contributed by atoms with E-state index in [-0.39, 0.29) is 30.0 Å². The molecule has 96 valence electrons. The van der Waals surface area contributed by atoms with Crippen LogP contribution in [0.15, 0.2) is 6.07 Å². The molecule has 7 heteroatoms. The molecule has 0 unspecified atom stereocenters. The Hall–Kier alpha value is -2.07. The summed E-state index contributed by atoms with van der Waals surface area (Å²) in [5.41, 5.74) is 4.19. The van der Waals surface area contributed by atoms with Crippen LogP contribution in [0.5, 0.6) is 0 Å². The van der Waals surface area contributed by atoms with Gasteiger partial charge in [0.05, 0.1) is 18.2 Å². The molecule has 0 aliphatic heterocycles. The molecule has 0 fully saturated rings. The number of nitriles is 1. The first-order chi connectivity index (χ1) is 8.54. The van der Waals surface area contributed by atoms with Gasteiger partial charge in [0.25, 0.3) is 6.43 Å². The first-order valence-corrected chi connectivity index (χ1v) is 5.14. The van der Waals surface area contributed by atoms with E-state index in [0.717, 1.165) is 6.07 Å². The van der Waals surface area contributed by atoms with E-state index in [2.05, 4.69) is 9.72 Å². The molecule has 0 atom stereocenters. The predicted octanol–water partition coefficient (Wildman–Crippen LogP) is 1.53. The zero-order valence-electron chi connectivity index (χ0n) is 9.61. The second-order valence-corrected chi connectivity index (χ2v) is 3.26. The summed E-state index contributed by atoms with van der Waals surface area (Å²) >= 11 is 0. The number of nitrogens with two attached hydrogens (primary N) is 1. The van der Waals surface area contributed by atoms with E-state index in [1.165, 1.54) is 0 Å². The van der Waals surface area contributed by atoms with E-state index in [4.69, 9.17) is 11.0 Å². The minimum Gasteiger partial charge on any atom is -0.461 e. The van der Waals surface area contributed by atoms with Gasteiger partial charge in [-0.15, -0.1) is 0 Å². The van der Waals surface area contributed by atoms with E-state index < -0.39 is 18.1 Å². The average molecular weight is 255 g/mol. The Balaban J connectivity index is 3.37. The molecule has 0 saturated carbocycles. The molecule has 0 spiro atoms. The van der Waals surface area contributed by atoms with Gasteiger partial charge in [-0.2, -0.15) is 5.26 Å². The number of aromatic nitrogens is 1. The van der Waals surface area contributed by atoms with Crippen molar-refractivity contribution in [3.8, 4) is 6.07 Å². The van der Waals surface area contributed by atoms with Crippen LogP contribution < -0.4 is 5.73 Å². The number of hydrogen-bond donors (Lipinski definition) is 1. The van der Waals surface area contributed by atoms with Crippen LogP contribution in [0, 0.1) is 11.3 Å². The van der Waals surface area contributed by atoms with E-state index >= 15 is 0 Å². The summed E-state index contributed by atoms with van der Waals surface area (Å²) in [7, 11) is 0. The molecule has 5 nitrogen and oxygen atoms in total. The van der Waals surface area contributed by atoms with Gasteiger partial charge in [0.2, 0.25) is 0 Å². The second-order valence-electron chi connectivity index (χ2n) is 3.26. The van der Waals surface area contributed by atoms with Gasteiger partial charge < -0.3 is 10.5 Å². The van der Waals surface area contributed by atoms with Gasteiger partial charge in [-0.05, 0) is 13.0 Å². The zero-order chi connectivity index (χ0) is 13.7. The maximum absolute atomic E-state index is 12.8. The number of alkyl halides is 2. The fraction of sp³-hybridized carbons (Fsp3) is 0.364. The van der Waals surface area contributed by atoms with Crippen molar-refractivity contribution < 1.29 is 18.3 Å². The first-order valence-electron chi connectivity index (χ1n) is 5.14.